The molecule has 0 bridgehead atoms. The summed E-state index contributed by atoms with van der Waals surface area (Å²) in [6.07, 6.45) is 0. The average Bonchev–Trinajstić information content (AvgIpc) is 2.17. The molecule has 2 nitrogen and oxygen atoms in total. The highest BCUT2D eigenvalue weighted by Crippen LogP contribution is 1.95. The monoisotopic (exact) mass is 100 g/mol. The summed E-state index contributed by atoms with van der Waals surface area (Å²) in [6.45, 7) is 2.41. The van der Waals surface area contributed by atoms with Crippen LogP contribution >= 0.6 is 0 Å². The highest BCUT2D eigenvalue weighted by atomic mass is 15.2. The van der Waals surface area contributed by atoms with Crippen LogP contribution in [0.3, 0.4) is 0 Å². The highest BCUT2D eigenvalue weighted by molar-refractivity contribution is 4.84. The van der Waals surface area contributed by atoms with Crippen molar-refractivity contribution in [3.63, 3.8) is 0 Å². The molecule has 1 heterocycles. The fraction of sp³-hybridized carbons (Fsp3) is 1.00. The highest BCUT2D eigenvalue weighted by Gasteiger charge is 2.19. The van der Waals surface area contributed by atoms with Crippen LogP contribution in [0.15, 0.2) is 0 Å². The van der Waals surface area contributed by atoms with E-state index in [0.29, 0.717) is 0 Å². The minimum atomic E-state index is 0.801. The lowest BCUT2D eigenvalue weighted by Gasteiger charge is -2.04. The third kappa shape index (κ3) is 1.90. The molecular formula is C5H12N2. The Bertz CT molecular complexity index is 57.1. The van der Waals surface area contributed by atoms with Crippen molar-refractivity contribution in [2.24, 2.45) is 0 Å². The molecule has 1 N–H and O–H groups in total. The van der Waals surface area contributed by atoms with Gasteiger partial charge in [-0.05, 0) is 14.1 Å². The average molecular weight is 100 g/mol. The van der Waals surface area contributed by atoms with Crippen molar-refractivity contribution in [2.75, 3.05) is 27.2 Å². The Hall–Kier alpha value is -0.0800. The zero-order chi connectivity index (χ0) is 5.28. The normalized spacial score (nSPS) is 28.7. The van der Waals surface area contributed by atoms with Crippen LogP contribution in [0.25, 0.3) is 0 Å². The summed E-state index contributed by atoms with van der Waals surface area (Å²) >= 11 is 0. The Labute approximate surface area is 44.5 Å². The summed E-state index contributed by atoms with van der Waals surface area (Å²) in [7, 11) is 4.19. The Morgan fingerprint density at radius 3 is 2.43 bits per heavy atom. The van der Waals surface area contributed by atoms with Gasteiger partial charge in [0.25, 0.3) is 0 Å². The molecule has 0 saturated carbocycles. The summed E-state index contributed by atoms with van der Waals surface area (Å²) in [6, 6.07) is 0.801. The van der Waals surface area contributed by atoms with Gasteiger partial charge in [-0.2, -0.15) is 0 Å². The van der Waals surface area contributed by atoms with E-state index in [1.54, 1.807) is 0 Å². The van der Waals surface area contributed by atoms with Crippen LogP contribution in [0.1, 0.15) is 0 Å². The molecule has 0 radical (unpaired) electrons. The number of hydrogen-bond donors (Lipinski definition) is 1. The first-order valence-electron chi connectivity index (χ1n) is 2.67. The standard InChI is InChI=1S/C5H12N2/c1-7(2)4-5-3-6-5/h5-6H,3-4H2,1-2H3/t5-/m1/s1. The lowest BCUT2D eigenvalue weighted by atomic mass is 10.4. The molecule has 0 aliphatic carbocycles. The van der Waals surface area contributed by atoms with E-state index in [2.05, 4.69) is 24.3 Å². The molecule has 1 aliphatic rings. The van der Waals surface area contributed by atoms with Gasteiger partial charge in [-0.3, -0.25) is 0 Å². The van der Waals surface area contributed by atoms with Crippen LogP contribution in [-0.4, -0.2) is 38.1 Å². The van der Waals surface area contributed by atoms with Crippen molar-refractivity contribution >= 4 is 0 Å². The van der Waals surface area contributed by atoms with E-state index in [1.807, 2.05) is 0 Å². The van der Waals surface area contributed by atoms with Gasteiger partial charge in [0.15, 0.2) is 0 Å². The maximum atomic E-state index is 3.22. The van der Waals surface area contributed by atoms with Crippen LogP contribution in [0.2, 0.25) is 0 Å². The van der Waals surface area contributed by atoms with Crippen molar-refractivity contribution in [1.82, 2.24) is 10.2 Å². The van der Waals surface area contributed by atoms with Crippen molar-refractivity contribution in [1.29, 1.82) is 0 Å². The van der Waals surface area contributed by atoms with Gasteiger partial charge in [0.05, 0.1) is 0 Å². The van der Waals surface area contributed by atoms with E-state index in [1.165, 1.54) is 13.1 Å². The first-order chi connectivity index (χ1) is 3.29. The number of rotatable bonds is 2. The molecule has 42 valence electrons. The second kappa shape index (κ2) is 1.80. The van der Waals surface area contributed by atoms with E-state index in [9.17, 15) is 0 Å². The van der Waals surface area contributed by atoms with E-state index < -0.39 is 0 Å². The number of likely N-dealkylation sites (N-methyl/N-ethyl adjacent to an activating group) is 1. The number of nitrogens with zero attached hydrogens (tertiary/aromatic N) is 1. The van der Waals surface area contributed by atoms with E-state index >= 15 is 0 Å². The Balaban J connectivity index is 1.97. The smallest absolute Gasteiger partial charge is 0.0320 e. The Kier molecular flexibility index (Phi) is 1.30. The zero-order valence-electron chi connectivity index (χ0n) is 4.94. The molecular weight excluding hydrogens is 88.1 g/mol. The molecule has 0 aromatic heterocycles. The molecule has 7 heavy (non-hydrogen) atoms. The van der Waals surface area contributed by atoms with E-state index in [-0.39, 0.29) is 0 Å². The quantitative estimate of drug-likeness (QED) is 0.474. The van der Waals surface area contributed by atoms with Crippen molar-refractivity contribution < 1.29 is 0 Å². The van der Waals surface area contributed by atoms with Gasteiger partial charge in [0.2, 0.25) is 0 Å². The third-order valence-electron chi connectivity index (χ3n) is 1.08. The maximum Gasteiger partial charge on any atom is 0.0320 e. The first-order valence-corrected chi connectivity index (χ1v) is 2.67. The molecule has 0 amide bonds. The molecule has 0 aromatic carbocycles. The molecule has 1 atom stereocenters. The SMILES string of the molecule is CN(C)C[C@H]1CN1. The molecule has 1 saturated heterocycles. The van der Waals surface area contributed by atoms with Crippen molar-refractivity contribution in [2.45, 2.75) is 6.04 Å². The van der Waals surface area contributed by atoms with Gasteiger partial charge in [0.1, 0.15) is 0 Å². The lowest BCUT2D eigenvalue weighted by Crippen LogP contribution is -2.18. The summed E-state index contributed by atoms with van der Waals surface area (Å²) in [5, 5.41) is 3.22. The predicted octanol–water partition coefficient (Wildman–Crippen LogP) is -0.480. The summed E-state index contributed by atoms with van der Waals surface area (Å²) in [5.74, 6) is 0. The van der Waals surface area contributed by atoms with Gasteiger partial charge >= 0.3 is 0 Å². The summed E-state index contributed by atoms with van der Waals surface area (Å²) in [4.78, 5) is 2.20. The van der Waals surface area contributed by atoms with Gasteiger partial charge in [-0.15, -0.1) is 0 Å². The van der Waals surface area contributed by atoms with Crippen LogP contribution in [0.4, 0.5) is 0 Å². The predicted molar refractivity (Wildman–Crippen MR) is 30.3 cm³/mol. The van der Waals surface area contributed by atoms with Crippen molar-refractivity contribution in [3.8, 4) is 0 Å². The van der Waals surface area contributed by atoms with Gasteiger partial charge < -0.3 is 10.2 Å². The second-order valence-corrected chi connectivity index (χ2v) is 2.37. The summed E-state index contributed by atoms with van der Waals surface area (Å²) < 4.78 is 0. The van der Waals surface area contributed by atoms with Crippen LogP contribution in [-0.2, 0) is 0 Å². The minimum absolute atomic E-state index is 0.801. The van der Waals surface area contributed by atoms with Crippen LogP contribution < -0.4 is 5.32 Å². The fourth-order valence-corrected chi connectivity index (χ4v) is 0.653. The second-order valence-electron chi connectivity index (χ2n) is 2.37. The fourth-order valence-electron chi connectivity index (χ4n) is 0.653. The maximum absolute atomic E-state index is 3.22. The zero-order valence-corrected chi connectivity index (χ0v) is 4.94. The van der Waals surface area contributed by atoms with Gasteiger partial charge in [-0.25, -0.2) is 0 Å². The minimum Gasteiger partial charge on any atom is -0.310 e. The Morgan fingerprint density at radius 2 is 2.29 bits per heavy atom. The van der Waals surface area contributed by atoms with Gasteiger partial charge in [-0.1, -0.05) is 0 Å². The molecule has 0 aromatic rings. The summed E-state index contributed by atoms with van der Waals surface area (Å²) in [5.41, 5.74) is 0. The molecule has 2 heteroatoms. The van der Waals surface area contributed by atoms with E-state index in [0.717, 1.165) is 6.04 Å². The van der Waals surface area contributed by atoms with E-state index in [4.69, 9.17) is 0 Å². The first kappa shape index (κ1) is 5.06. The largest absolute Gasteiger partial charge is 0.310 e. The molecule has 0 unspecified atom stereocenters. The topological polar surface area (TPSA) is 25.2 Å². The molecule has 1 aliphatic heterocycles. The van der Waals surface area contributed by atoms with Gasteiger partial charge in [0, 0.05) is 19.1 Å². The molecule has 1 rings (SSSR count). The lowest BCUT2D eigenvalue weighted by molar-refractivity contribution is 0.411. The van der Waals surface area contributed by atoms with Crippen LogP contribution in [0, 0.1) is 0 Å². The third-order valence-corrected chi connectivity index (χ3v) is 1.08. The van der Waals surface area contributed by atoms with Crippen LogP contribution in [0.5, 0.6) is 0 Å². The van der Waals surface area contributed by atoms with Crippen molar-refractivity contribution in [3.05, 3.63) is 0 Å². The molecule has 1 fully saturated rings. The number of hydrogen-bond acceptors (Lipinski definition) is 2. The Morgan fingerprint density at radius 1 is 1.71 bits per heavy atom. The number of nitrogens with one attached hydrogen (secondary N) is 1. The molecule has 0 spiro atoms.